The van der Waals surface area contributed by atoms with Crippen LogP contribution in [0.1, 0.15) is 35.0 Å². The van der Waals surface area contributed by atoms with E-state index in [9.17, 15) is 4.79 Å². The summed E-state index contributed by atoms with van der Waals surface area (Å²) in [6.07, 6.45) is 3.69. The van der Waals surface area contributed by atoms with Crippen LogP contribution in [-0.2, 0) is 6.61 Å². The monoisotopic (exact) mass is 401 g/mol. The van der Waals surface area contributed by atoms with Crippen molar-refractivity contribution in [2.45, 2.75) is 25.5 Å². The van der Waals surface area contributed by atoms with Gasteiger partial charge < -0.3 is 14.5 Å². The number of amides is 1. The van der Waals surface area contributed by atoms with Crippen molar-refractivity contribution in [2.75, 3.05) is 5.32 Å². The predicted octanol–water partition coefficient (Wildman–Crippen LogP) is 4.10. The van der Waals surface area contributed by atoms with Gasteiger partial charge in [0.2, 0.25) is 0 Å². The van der Waals surface area contributed by atoms with Crippen molar-refractivity contribution < 1.29 is 13.9 Å². The van der Waals surface area contributed by atoms with Crippen LogP contribution < -0.4 is 10.1 Å². The van der Waals surface area contributed by atoms with Gasteiger partial charge in [-0.1, -0.05) is 18.2 Å². The smallest absolute Gasteiger partial charge is 0.291 e. The molecule has 2 aromatic carbocycles. The van der Waals surface area contributed by atoms with Gasteiger partial charge in [0.05, 0.1) is 12.3 Å². The molecule has 8 heteroatoms. The van der Waals surface area contributed by atoms with Gasteiger partial charge in [0, 0.05) is 16.8 Å². The third-order valence-electron chi connectivity index (χ3n) is 4.88. The number of ether oxygens (including phenoxy) is 1. The van der Waals surface area contributed by atoms with Gasteiger partial charge in [-0.2, -0.15) is 0 Å². The molecular weight excluding hydrogens is 382 g/mol. The van der Waals surface area contributed by atoms with E-state index in [2.05, 4.69) is 20.8 Å². The molecule has 1 amide bonds. The second-order valence-electron chi connectivity index (χ2n) is 7.09. The minimum absolute atomic E-state index is 0.229. The van der Waals surface area contributed by atoms with Gasteiger partial charge in [-0.3, -0.25) is 4.79 Å². The van der Waals surface area contributed by atoms with Gasteiger partial charge in [0.25, 0.3) is 5.91 Å². The summed E-state index contributed by atoms with van der Waals surface area (Å²) < 4.78 is 13.0. The van der Waals surface area contributed by atoms with Crippen LogP contribution in [0.25, 0.3) is 11.4 Å². The third kappa shape index (κ3) is 3.80. The van der Waals surface area contributed by atoms with E-state index in [-0.39, 0.29) is 18.3 Å². The third-order valence-corrected chi connectivity index (χ3v) is 4.88. The molecule has 8 nitrogen and oxygen atoms in total. The minimum atomic E-state index is -0.331. The number of hydrogen-bond acceptors (Lipinski definition) is 6. The van der Waals surface area contributed by atoms with Crippen LogP contribution >= 0.6 is 0 Å². The fourth-order valence-electron chi connectivity index (χ4n) is 3.17. The van der Waals surface area contributed by atoms with Crippen molar-refractivity contribution in [1.29, 1.82) is 0 Å². The quantitative estimate of drug-likeness (QED) is 0.501. The molecule has 4 aromatic rings. The molecule has 1 aliphatic rings. The molecule has 0 saturated heterocycles. The summed E-state index contributed by atoms with van der Waals surface area (Å²) in [5.41, 5.74) is 2.23. The first-order valence-electron chi connectivity index (χ1n) is 9.72. The molecule has 2 aromatic heterocycles. The van der Waals surface area contributed by atoms with Crippen molar-refractivity contribution in [1.82, 2.24) is 20.2 Å². The lowest BCUT2D eigenvalue weighted by Crippen LogP contribution is -2.13. The summed E-state index contributed by atoms with van der Waals surface area (Å²) in [5, 5.41) is 14.8. The Hall–Kier alpha value is -3.94. The van der Waals surface area contributed by atoms with Crippen molar-refractivity contribution in [3.05, 3.63) is 78.3 Å². The number of rotatable bonds is 7. The number of tetrazole rings is 1. The summed E-state index contributed by atoms with van der Waals surface area (Å²) in [5.74, 6) is 1.37. The molecule has 1 N–H and O–H groups in total. The molecule has 0 radical (unpaired) electrons. The molecule has 0 aliphatic heterocycles. The molecule has 1 saturated carbocycles. The average Bonchev–Trinajstić information content (AvgIpc) is 3.31. The van der Waals surface area contributed by atoms with Gasteiger partial charge in [-0.25, -0.2) is 4.68 Å². The maximum atomic E-state index is 12.7. The number of carbonyl (C=O) groups is 1. The number of nitrogens with zero attached hydrogens (tertiary/aromatic N) is 4. The first kappa shape index (κ1) is 18.1. The van der Waals surface area contributed by atoms with Gasteiger partial charge in [0.1, 0.15) is 12.4 Å². The van der Waals surface area contributed by atoms with E-state index < -0.39 is 0 Å². The Morgan fingerprint density at radius 1 is 1.10 bits per heavy atom. The maximum Gasteiger partial charge on any atom is 0.291 e. The summed E-state index contributed by atoms with van der Waals surface area (Å²) in [6, 6.07) is 19.0. The average molecular weight is 401 g/mol. The zero-order chi connectivity index (χ0) is 20.3. The van der Waals surface area contributed by atoms with E-state index in [0.717, 1.165) is 30.0 Å². The second-order valence-corrected chi connectivity index (χ2v) is 7.09. The number of aromatic nitrogens is 4. The van der Waals surface area contributed by atoms with Crippen molar-refractivity contribution in [2.24, 2.45) is 0 Å². The summed E-state index contributed by atoms with van der Waals surface area (Å²) >= 11 is 0. The highest BCUT2D eigenvalue weighted by molar-refractivity contribution is 6.03. The number of furan rings is 1. The number of hydrogen-bond donors (Lipinski definition) is 1. The SMILES string of the molecule is O=C(Nc1ccc(-c2nnnn2C2CC2)cc1)c1occc1COc1ccccc1. The molecule has 0 bridgehead atoms. The predicted molar refractivity (Wildman–Crippen MR) is 109 cm³/mol. The first-order chi connectivity index (χ1) is 14.8. The fourth-order valence-corrected chi connectivity index (χ4v) is 3.17. The lowest BCUT2D eigenvalue weighted by molar-refractivity contribution is 0.0993. The highest BCUT2D eigenvalue weighted by Gasteiger charge is 2.28. The van der Waals surface area contributed by atoms with E-state index in [1.807, 2.05) is 59.3 Å². The topological polar surface area (TPSA) is 95.1 Å². The highest BCUT2D eigenvalue weighted by Crippen LogP contribution is 2.36. The lowest BCUT2D eigenvalue weighted by Gasteiger charge is -2.08. The van der Waals surface area contributed by atoms with E-state index in [0.29, 0.717) is 17.3 Å². The van der Waals surface area contributed by atoms with Gasteiger partial charge in [0.15, 0.2) is 11.6 Å². The van der Waals surface area contributed by atoms with E-state index in [1.165, 1.54) is 6.26 Å². The molecule has 0 unspecified atom stereocenters. The molecule has 1 fully saturated rings. The Bertz CT molecular complexity index is 1150. The van der Waals surface area contributed by atoms with Crippen molar-refractivity contribution in [3.63, 3.8) is 0 Å². The van der Waals surface area contributed by atoms with Gasteiger partial charge in [-0.05, 0) is 65.7 Å². The Kier molecular flexibility index (Phi) is 4.72. The van der Waals surface area contributed by atoms with Crippen molar-refractivity contribution >= 4 is 11.6 Å². The van der Waals surface area contributed by atoms with E-state index in [4.69, 9.17) is 9.15 Å². The minimum Gasteiger partial charge on any atom is -0.489 e. The van der Waals surface area contributed by atoms with E-state index >= 15 is 0 Å². The lowest BCUT2D eigenvalue weighted by atomic mass is 10.2. The van der Waals surface area contributed by atoms with Crippen LogP contribution in [0, 0.1) is 0 Å². The highest BCUT2D eigenvalue weighted by atomic mass is 16.5. The Morgan fingerprint density at radius 3 is 2.67 bits per heavy atom. The summed E-state index contributed by atoms with van der Waals surface area (Å²) in [4.78, 5) is 12.7. The Balaban J connectivity index is 1.26. The van der Waals surface area contributed by atoms with Gasteiger partial charge >= 0.3 is 0 Å². The van der Waals surface area contributed by atoms with E-state index in [1.54, 1.807) is 6.07 Å². The molecule has 2 heterocycles. The molecule has 0 spiro atoms. The number of carbonyl (C=O) groups excluding carboxylic acids is 1. The van der Waals surface area contributed by atoms with Crippen LogP contribution in [0.15, 0.2) is 71.3 Å². The largest absolute Gasteiger partial charge is 0.489 e. The normalized spacial score (nSPS) is 13.2. The van der Waals surface area contributed by atoms with Crippen LogP contribution in [0.2, 0.25) is 0 Å². The van der Waals surface area contributed by atoms with Crippen LogP contribution in [-0.4, -0.2) is 26.1 Å². The number of benzene rings is 2. The second kappa shape index (κ2) is 7.82. The molecule has 30 heavy (non-hydrogen) atoms. The van der Waals surface area contributed by atoms with Crippen LogP contribution in [0.5, 0.6) is 5.75 Å². The molecule has 150 valence electrons. The Morgan fingerprint density at radius 2 is 1.90 bits per heavy atom. The number of nitrogens with one attached hydrogen (secondary N) is 1. The molecular formula is C22H19N5O3. The molecule has 5 rings (SSSR count). The van der Waals surface area contributed by atoms with Crippen LogP contribution in [0.4, 0.5) is 5.69 Å². The summed E-state index contributed by atoms with van der Waals surface area (Å²) in [7, 11) is 0. The zero-order valence-electron chi connectivity index (χ0n) is 16.1. The fraction of sp³-hybridized carbons (Fsp3) is 0.182. The standard InChI is InChI=1S/C22H19N5O3/c28-22(20-16(12-13-29-20)14-30-19-4-2-1-3-5-19)23-17-8-6-15(7-9-17)21-24-25-26-27(21)18-10-11-18/h1-9,12-13,18H,10-11,14H2,(H,23,28). The number of para-hydroxylation sites is 1. The van der Waals surface area contributed by atoms with Crippen LogP contribution in [0.3, 0.4) is 0 Å². The van der Waals surface area contributed by atoms with Crippen molar-refractivity contribution in [3.8, 4) is 17.1 Å². The molecule has 1 aliphatic carbocycles. The van der Waals surface area contributed by atoms with Gasteiger partial charge in [-0.15, -0.1) is 5.10 Å². The maximum absolute atomic E-state index is 12.7. The number of anilines is 1. The zero-order valence-corrected chi connectivity index (χ0v) is 16.1. The summed E-state index contributed by atoms with van der Waals surface area (Å²) in [6.45, 7) is 0.242. The molecule has 0 atom stereocenters. The first-order valence-corrected chi connectivity index (χ1v) is 9.72. The Labute approximate surface area is 172 Å².